The summed E-state index contributed by atoms with van der Waals surface area (Å²) >= 11 is 0. The first-order valence-electron chi connectivity index (χ1n) is 7.70. The van der Waals surface area contributed by atoms with E-state index in [1.54, 1.807) is 12.1 Å². The lowest BCUT2D eigenvalue weighted by atomic mass is 9.85. The molecule has 1 heterocycles. The van der Waals surface area contributed by atoms with Crippen molar-refractivity contribution in [2.45, 2.75) is 49.8 Å². The van der Waals surface area contributed by atoms with Gasteiger partial charge < -0.3 is 4.43 Å². The number of rotatable bonds is 5. The molecule has 0 N–H and O–H groups in total. The molecule has 1 aromatic heterocycles. The molecular weight excluding hydrogens is 340 g/mol. The van der Waals surface area contributed by atoms with Crippen molar-refractivity contribution < 1.29 is 12.8 Å². The fourth-order valence-electron chi connectivity index (χ4n) is 2.44. The largest absolute Gasteiger partial charge is 0.410 e. The fourth-order valence-corrected chi connectivity index (χ4v) is 4.78. The predicted molar refractivity (Wildman–Crippen MR) is 94.7 cm³/mol. The van der Waals surface area contributed by atoms with E-state index >= 15 is 0 Å². The van der Waals surface area contributed by atoms with Gasteiger partial charge in [-0.05, 0) is 30.1 Å². The average molecular weight is 364 g/mol. The van der Waals surface area contributed by atoms with Gasteiger partial charge in [0.1, 0.15) is 11.2 Å². The minimum Gasteiger partial charge on any atom is -0.410 e. The zero-order chi connectivity index (χ0) is 18.0. The Morgan fingerprint density at radius 1 is 1.08 bits per heavy atom. The lowest BCUT2D eigenvalue weighted by Crippen LogP contribution is -2.27. The molecule has 2 rings (SSSR count). The summed E-state index contributed by atoms with van der Waals surface area (Å²) in [6.45, 7) is 10.3. The quantitative estimate of drug-likeness (QED) is 0.758. The second-order valence-corrected chi connectivity index (χ2v) is 10.9. The van der Waals surface area contributed by atoms with Crippen LogP contribution in [0.3, 0.4) is 0 Å². The van der Waals surface area contributed by atoms with Crippen molar-refractivity contribution >= 4 is 18.9 Å². The summed E-state index contributed by atoms with van der Waals surface area (Å²) in [5.74, 6) is 0. The third-order valence-electron chi connectivity index (χ3n) is 3.48. The summed E-state index contributed by atoms with van der Waals surface area (Å²) in [6, 6.07) is 7.02. The van der Waals surface area contributed by atoms with Gasteiger partial charge in [-0.15, -0.1) is 0 Å². The number of aromatic nitrogens is 2. The Morgan fingerprint density at radius 3 is 2.21 bits per heavy atom. The summed E-state index contributed by atoms with van der Waals surface area (Å²) in [5.41, 5.74) is 0.445. The molecule has 5 nitrogen and oxygen atoms in total. The predicted octanol–water partition coefficient (Wildman–Crippen LogP) is 3.66. The van der Waals surface area contributed by atoms with Crippen LogP contribution in [0.2, 0.25) is 13.1 Å². The first-order chi connectivity index (χ1) is 11.1. The van der Waals surface area contributed by atoms with E-state index in [-0.39, 0.29) is 21.3 Å². The molecule has 1 aromatic carbocycles. The van der Waals surface area contributed by atoms with Crippen molar-refractivity contribution in [2.24, 2.45) is 5.41 Å². The van der Waals surface area contributed by atoms with Crippen LogP contribution in [0.4, 0.5) is 0 Å². The molecule has 0 saturated carbocycles. The van der Waals surface area contributed by atoms with Crippen LogP contribution in [0.15, 0.2) is 52.8 Å². The Bertz CT molecular complexity index is 787. The second kappa shape index (κ2) is 7.12. The number of sulfone groups is 1. The lowest BCUT2D eigenvalue weighted by molar-refractivity contribution is 0.0841. The molecule has 0 bridgehead atoms. The van der Waals surface area contributed by atoms with Crippen LogP contribution in [-0.2, 0) is 14.3 Å². The molecule has 24 heavy (non-hydrogen) atoms. The Hall–Kier alpha value is -1.57. The molecule has 7 heteroatoms. The third kappa shape index (κ3) is 4.09. The van der Waals surface area contributed by atoms with Gasteiger partial charge in [0.25, 0.3) is 0 Å². The number of benzene rings is 1. The number of hydrogen-bond acceptors (Lipinski definition) is 5. The van der Waals surface area contributed by atoms with Crippen molar-refractivity contribution in [1.82, 2.24) is 9.97 Å². The van der Waals surface area contributed by atoms with Gasteiger partial charge in [0.2, 0.25) is 18.9 Å². The molecule has 0 aliphatic rings. The molecule has 0 fully saturated rings. The van der Waals surface area contributed by atoms with Gasteiger partial charge in [-0.25, -0.2) is 18.4 Å². The van der Waals surface area contributed by atoms with E-state index < -0.39 is 18.9 Å². The van der Waals surface area contributed by atoms with E-state index in [0.29, 0.717) is 5.56 Å². The van der Waals surface area contributed by atoms with Gasteiger partial charge >= 0.3 is 0 Å². The molecule has 2 aromatic rings. The first kappa shape index (κ1) is 18.8. The molecule has 0 amide bonds. The van der Waals surface area contributed by atoms with Crippen LogP contribution in [0, 0.1) is 5.41 Å². The van der Waals surface area contributed by atoms with Gasteiger partial charge in [0, 0.05) is 12.4 Å². The smallest absolute Gasteiger partial charge is 0.210 e. The van der Waals surface area contributed by atoms with Crippen LogP contribution >= 0.6 is 0 Å². The highest BCUT2D eigenvalue weighted by Gasteiger charge is 2.33. The molecular formula is C17H23N2O3SSi. The van der Waals surface area contributed by atoms with Gasteiger partial charge in [0.05, 0.1) is 11.0 Å². The van der Waals surface area contributed by atoms with Crippen LogP contribution in [0.5, 0.6) is 0 Å². The van der Waals surface area contributed by atoms with E-state index in [9.17, 15) is 8.42 Å². The summed E-state index contributed by atoms with van der Waals surface area (Å²) in [5, 5.41) is 0. The highest BCUT2D eigenvalue weighted by atomic mass is 32.2. The van der Waals surface area contributed by atoms with Crippen molar-refractivity contribution in [3.63, 3.8) is 0 Å². The molecule has 0 saturated heterocycles. The lowest BCUT2D eigenvalue weighted by Gasteiger charge is -2.33. The Balaban J connectivity index is 2.62. The van der Waals surface area contributed by atoms with E-state index in [1.165, 1.54) is 18.7 Å². The standard InChI is InChI=1S/C17H23N2O3SSi/c1-17(2,3)16(22-24(4)5)14-8-6-7-9-15(14)23(20,21)13-10-18-12-19-11-13/h6-12,16H,1-5H3. The van der Waals surface area contributed by atoms with E-state index in [0.717, 1.165) is 0 Å². The summed E-state index contributed by atoms with van der Waals surface area (Å²) in [7, 11) is -4.71. The highest BCUT2D eigenvalue weighted by Crippen LogP contribution is 2.40. The summed E-state index contributed by atoms with van der Waals surface area (Å²) in [4.78, 5) is 8.00. The minimum absolute atomic E-state index is 0.0867. The molecule has 1 radical (unpaired) electrons. The molecule has 129 valence electrons. The highest BCUT2D eigenvalue weighted by molar-refractivity contribution is 7.91. The SMILES string of the molecule is C[Si](C)OC(c1ccccc1S(=O)(=O)c1cncnc1)C(C)(C)C. The fraction of sp³-hybridized carbons (Fsp3) is 0.412. The van der Waals surface area contributed by atoms with Gasteiger partial charge in [-0.3, -0.25) is 0 Å². The van der Waals surface area contributed by atoms with Crippen molar-refractivity contribution in [2.75, 3.05) is 0 Å². The first-order valence-corrected chi connectivity index (χ1v) is 11.6. The Kier molecular flexibility index (Phi) is 5.57. The molecule has 1 atom stereocenters. The molecule has 0 aliphatic carbocycles. The zero-order valence-corrected chi connectivity index (χ0v) is 16.5. The van der Waals surface area contributed by atoms with Gasteiger partial charge in [-0.2, -0.15) is 0 Å². The number of hydrogen-bond donors (Lipinski definition) is 0. The van der Waals surface area contributed by atoms with Gasteiger partial charge in [-0.1, -0.05) is 39.0 Å². The summed E-state index contributed by atoms with van der Waals surface area (Å²) < 4.78 is 32.3. The van der Waals surface area contributed by atoms with Crippen LogP contribution in [0.1, 0.15) is 32.4 Å². The van der Waals surface area contributed by atoms with Gasteiger partial charge in [0.15, 0.2) is 0 Å². The van der Waals surface area contributed by atoms with Crippen molar-refractivity contribution in [3.05, 3.63) is 48.5 Å². The maximum absolute atomic E-state index is 13.0. The topological polar surface area (TPSA) is 69.2 Å². The van der Waals surface area contributed by atoms with E-state index in [2.05, 4.69) is 30.7 Å². The zero-order valence-electron chi connectivity index (χ0n) is 14.6. The second-order valence-electron chi connectivity index (χ2n) is 6.89. The Morgan fingerprint density at radius 2 is 1.67 bits per heavy atom. The van der Waals surface area contributed by atoms with Crippen molar-refractivity contribution in [1.29, 1.82) is 0 Å². The molecule has 0 aliphatic heterocycles. The van der Waals surface area contributed by atoms with Crippen LogP contribution in [-0.4, -0.2) is 27.4 Å². The maximum atomic E-state index is 13.0. The molecule has 1 unspecified atom stereocenters. The monoisotopic (exact) mass is 363 g/mol. The number of nitrogens with zero attached hydrogens (tertiary/aromatic N) is 2. The normalized spacial score (nSPS) is 13.9. The molecule has 0 spiro atoms. The third-order valence-corrected chi connectivity index (χ3v) is 5.97. The van der Waals surface area contributed by atoms with Crippen LogP contribution < -0.4 is 0 Å². The minimum atomic E-state index is -3.70. The van der Waals surface area contributed by atoms with Crippen molar-refractivity contribution in [3.8, 4) is 0 Å². The van der Waals surface area contributed by atoms with E-state index in [4.69, 9.17) is 4.43 Å². The van der Waals surface area contributed by atoms with Crippen LogP contribution in [0.25, 0.3) is 0 Å². The Labute approximate surface area is 145 Å². The average Bonchev–Trinajstić information content (AvgIpc) is 2.52. The van der Waals surface area contributed by atoms with E-state index in [1.807, 2.05) is 25.2 Å². The maximum Gasteiger partial charge on any atom is 0.210 e. The summed E-state index contributed by atoms with van der Waals surface area (Å²) in [6.07, 6.45) is 3.65.